The Morgan fingerprint density at radius 2 is 1.39 bits per heavy atom. The Hall–Kier alpha value is -4.29. The predicted octanol–water partition coefficient (Wildman–Crippen LogP) is 4.85. The lowest BCUT2D eigenvalue weighted by molar-refractivity contribution is -0.114. The third-order valence-corrected chi connectivity index (χ3v) is 9.25. The zero-order valence-electron chi connectivity index (χ0n) is 23.1. The largest absolute Gasteiger partial charge is 0.325 e. The Bertz CT molecular complexity index is 1720. The van der Waals surface area contributed by atoms with E-state index < -0.39 is 32.5 Å². The van der Waals surface area contributed by atoms with Gasteiger partial charge in [-0.1, -0.05) is 44.2 Å². The van der Waals surface area contributed by atoms with Gasteiger partial charge in [-0.15, -0.1) is 0 Å². The van der Waals surface area contributed by atoms with Crippen LogP contribution in [0, 0.1) is 13.8 Å². The minimum atomic E-state index is -4.06. The molecule has 214 valence electrons. The van der Waals surface area contributed by atoms with Gasteiger partial charge in [0.1, 0.15) is 6.54 Å². The minimum Gasteiger partial charge on any atom is -0.325 e. The maximum absolute atomic E-state index is 13.5. The zero-order valence-corrected chi connectivity index (χ0v) is 24.7. The number of rotatable bonds is 10. The maximum Gasteiger partial charge on any atom is 0.264 e. The molecule has 12 heteroatoms. The van der Waals surface area contributed by atoms with Gasteiger partial charge in [-0.25, -0.2) is 31.5 Å². The number of nitrogens with one attached hydrogen (secondary N) is 2. The molecule has 0 atom stereocenters. The van der Waals surface area contributed by atoms with Crippen LogP contribution in [0.4, 0.5) is 17.3 Å². The fourth-order valence-electron chi connectivity index (χ4n) is 4.06. The van der Waals surface area contributed by atoms with Crippen LogP contribution < -0.4 is 14.3 Å². The molecule has 4 rings (SSSR count). The number of benzene rings is 3. The standard InChI is InChI=1S/C29H31N5O5S2/c1-20(2)23-10-14-25(15-11-23)34(41(38,39)27-8-6-5-7-9-27)19-28(35)32-24-12-16-26(17-13-24)40(36,37)33-29-30-21(3)18-22(4)31-29/h5-18,20H,19H2,1-4H3,(H,32,35)(H,30,31,33). The molecule has 1 heterocycles. The van der Waals surface area contributed by atoms with Crippen molar-refractivity contribution in [2.75, 3.05) is 20.9 Å². The number of nitrogens with zero attached hydrogens (tertiary/aromatic N) is 3. The highest BCUT2D eigenvalue weighted by Gasteiger charge is 2.27. The summed E-state index contributed by atoms with van der Waals surface area (Å²) in [5.74, 6) is -0.391. The molecule has 1 aromatic heterocycles. The second kappa shape index (κ2) is 12.1. The van der Waals surface area contributed by atoms with E-state index in [0.29, 0.717) is 22.8 Å². The van der Waals surface area contributed by atoms with E-state index in [1.807, 2.05) is 26.0 Å². The SMILES string of the molecule is Cc1cc(C)nc(NS(=O)(=O)c2ccc(NC(=O)CN(c3ccc(C(C)C)cc3)S(=O)(=O)c3ccccc3)cc2)n1. The Balaban J connectivity index is 1.53. The average molecular weight is 594 g/mol. The summed E-state index contributed by atoms with van der Waals surface area (Å²) in [4.78, 5) is 21.3. The fraction of sp³-hybridized carbons (Fsp3) is 0.207. The van der Waals surface area contributed by atoms with Crippen LogP contribution in [-0.4, -0.2) is 39.3 Å². The summed E-state index contributed by atoms with van der Waals surface area (Å²) in [7, 11) is -8.05. The topological polar surface area (TPSA) is 138 Å². The van der Waals surface area contributed by atoms with E-state index in [2.05, 4.69) is 20.0 Å². The molecule has 41 heavy (non-hydrogen) atoms. The van der Waals surface area contributed by atoms with Gasteiger partial charge in [0.25, 0.3) is 20.0 Å². The molecule has 0 saturated heterocycles. The second-order valence-electron chi connectivity index (χ2n) is 9.72. The Kier molecular flexibility index (Phi) is 8.74. The van der Waals surface area contributed by atoms with Gasteiger partial charge in [0.05, 0.1) is 15.5 Å². The van der Waals surface area contributed by atoms with Gasteiger partial charge < -0.3 is 5.32 Å². The number of carbonyl (C=O) groups is 1. The van der Waals surface area contributed by atoms with E-state index >= 15 is 0 Å². The van der Waals surface area contributed by atoms with Crippen molar-refractivity contribution >= 4 is 43.3 Å². The molecular formula is C29H31N5O5S2. The highest BCUT2D eigenvalue weighted by molar-refractivity contribution is 7.93. The number of aryl methyl sites for hydroxylation is 2. The van der Waals surface area contributed by atoms with Gasteiger partial charge in [-0.05, 0) is 79.9 Å². The molecule has 0 saturated carbocycles. The Morgan fingerprint density at radius 3 is 1.95 bits per heavy atom. The molecule has 0 bridgehead atoms. The molecule has 1 amide bonds. The van der Waals surface area contributed by atoms with E-state index in [4.69, 9.17) is 0 Å². The lowest BCUT2D eigenvalue weighted by atomic mass is 10.0. The number of aromatic nitrogens is 2. The average Bonchev–Trinajstić information content (AvgIpc) is 2.91. The van der Waals surface area contributed by atoms with Crippen molar-refractivity contribution in [3.8, 4) is 0 Å². The summed E-state index contributed by atoms with van der Waals surface area (Å²) in [6.45, 7) is 7.03. The summed E-state index contributed by atoms with van der Waals surface area (Å²) in [6.07, 6.45) is 0. The second-order valence-corrected chi connectivity index (χ2v) is 13.3. The predicted molar refractivity (Wildman–Crippen MR) is 159 cm³/mol. The third kappa shape index (κ3) is 7.27. The van der Waals surface area contributed by atoms with Crippen molar-refractivity contribution in [3.63, 3.8) is 0 Å². The van der Waals surface area contributed by atoms with Gasteiger partial charge in [0.15, 0.2) is 0 Å². The van der Waals surface area contributed by atoms with E-state index in [1.165, 1.54) is 36.4 Å². The van der Waals surface area contributed by atoms with Gasteiger partial charge in [-0.2, -0.15) is 0 Å². The van der Waals surface area contributed by atoms with Crippen LogP contribution in [0.15, 0.2) is 94.7 Å². The highest BCUT2D eigenvalue weighted by Crippen LogP contribution is 2.26. The molecule has 4 aromatic rings. The number of anilines is 3. The van der Waals surface area contributed by atoms with Crippen LogP contribution in [0.1, 0.15) is 36.7 Å². The molecular weight excluding hydrogens is 562 g/mol. The quantitative estimate of drug-likeness (QED) is 0.268. The summed E-state index contributed by atoms with van der Waals surface area (Å²) < 4.78 is 56.1. The van der Waals surface area contributed by atoms with Crippen LogP contribution in [0.5, 0.6) is 0 Å². The summed E-state index contributed by atoms with van der Waals surface area (Å²) in [5.41, 5.74) is 2.90. The van der Waals surface area contributed by atoms with Crippen LogP contribution in [0.3, 0.4) is 0 Å². The first-order chi connectivity index (χ1) is 19.3. The monoisotopic (exact) mass is 593 g/mol. The molecule has 0 unspecified atom stereocenters. The summed E-state index contributed by atoms with van der Waals surface area (Å²) in [6, 6.07) is 22.1. The lowest BCUT2D eigenvalue weighted by Gasteiger charge is -2.24. The normalized spacial score (nSPS) is 11.7. The van der Waals surface area contributed by atoms with E-state index in [0.717, 1.165) is 9.87 Å². The van der Waals surface area contributed by atoms with Crippen molar-refractivity contribution in [3.05, 3.63) is 102 Å². The lowest BCUT2D eigenvalue weighted by Crippen LogP contribution is -2.38. The number of sulfonamides is 2. The van der Waals surface area contributed by atoms with Crippen LogP contribution in [0.25, 0.3) is 0 Å². The minimum absolute atomic E-state index is 0.0407. The highest BCUT2D eigenvalue weighted by atomic mass is 32.2. The van der Waals surface area contributed by atoms with Crippen LogP contribution >= 0.6 is 0 Å². The number of carbonyl (C=O) groups excluding carboxylic acids is 1. The van der Waals surface area contributed by atoms with Crippen molar-refractivity contribution < 1.29 is 21.6 Å². The van der Waals surface area contributed by atoms with Gasteiger partial charge >= 0.3 is 0 Å². The van der Waals surface area contributed by atoms with Crippen molar-refractivity contribution in [1.82, 2.24) is 9.97 Å². The van der Waals surface area contributed by atoms with E-state index in [9.17, 15) is 21.6 Å². The molecule has 10 nitrogen and oxygen atoms in total. The van der Waals surface area contributed by atoms with Crippen molar-refractivity contribution in [2.24, 2.45) is 0 Å². The molecule has 2 N–H and O–H groups in total. The first-order valence-corrected chi connectivity index (χ1v) is 15.7. The maximum atomic E-state index is 13.5. The molecule has 0 spiro atoms. The van der Waals surface area contributed by atoms with E-state index in [-0.39, 0.29) is 21.7 Å². The van der Waals surface area contributed by atoms with Gasteiger partial charge in [0, 0.05) is 17.1 Å². The first kappa shape index (κ1) is 29.7. The molecule has 3 aromatic carbocycles. The summed E-state index contributed by atoms with van der Waals surface area (Å²) in [5, 5.41) is 2.65. The van der Waals surface area contributed by atoms with Crippen molar-refractivity contribution in [2.45, 2.75) is 43.4 Å². The van der Waals surface area contributed by atoms with Crippen molar-refractivity contribution in [1.29, 1.82) is 0 Å². The fourth-order valence-corrected chi connectivity index (χ4v) is 6.45. The molecule has 0 aliphatic carbocycles. The van der Waals surface area contributed by atoms with Gasteiger partial charge in [0.2, 0.25) is 11.9 Å². The van der Waals surface area contributed by atoms with Gasteiger partial charge in [-0.3, -0.25) is 9.10 Å². The first-order valence-electron chi connectivity index (χ1n) is 12.8. The van der Waals surface area contributed by atoms with E-state index in [1.54, 1.807) is 50.2 Å². The third-order valence-electron chi connectivity index (χ3n) is 6.12. The molecule has 0 fully saturated rings. The zero-order chi connectivity index (χ0) is 29.8. The smallest absolute Gasteiger partial charge is 0.264 e. The summed E-state index contributed by atoms with van der Waals surface area (Å²) >= 11 is 0. The number of hydrogen-bond acceptors (Lipinski definition) is 7. The molecule has 0 radical (unpaired) electrons. The van der Waals surface area contributed by atoms with Crippen LogP contribution in [0.2, 0.25) is 0 Å². The Morgan fingerprint density at radius 1 is 0.805 bits per heavy atom. The molecule has 0 aliphatic rings. The Labute approximate surface area is 240 Å². The number of amides is 1. The van der Waals surface area contributed by atoms with Crippen LogP contribution in [-0.2, 0) is 24.8 Å². The molecule has 0 aliphatic heterocycles. The number of hydrogen-bond donors (Lipinski definition) is 2.